The Morgan fingerprint density at radius 3 is 2.32 bits per heavy atom. The van der Waals surface area contributed by atoms with Gasteiger partial charge >= 0.3 is 0 Å². The third-order valence-electron chi connectivity index (χ3n) is 4.25. The summed E-state index contributed by atoms with van der Waals surface area (Å²) in [6.07, 6.45) is 0.763. The standard InChI is InChI=1S/C18H21NO2S/c1-13(2)15-8-10-17(11-9-15)22(20,21)19-14(3)12-16-6-4-5-7-18(16)19/h4-11,13-14H,12H2,1-3H3. The maximum absolute atomic E-state index is 13.0. The molecule has 1 aliphatic heterocycles. The molecule has 2 aromatic rings. The van der Waals surface area contributed by atoms with Crippen molar-refractivity contribution in [3.8, 4) is 0 Å². The van der Waals surface area contributed by atoms with Crippen molar-refractivity contribution in [3.63, 3.8) is 0 Å². The summed E-state index contributed by atoms with van der Waals surface area (Å²) in [6.45, 7) is 6.16. The highest BCUT2D eigenvalue weighted by Crippen LogP contribution is 2.36. The van der Waals surface area contributed by atoms with E-state index in [0.717, 1.165) is 23.2 Å². The fraction of sp³-hybridized carbons (Fsp3) is 0.333. The van der Waals surface area contributed by atoms with Crippen LogP contribution in [0.4, 0.5) is 5.69 Å². The number of anilines is 1. The van der Waals surface area contributed by atoms with Gasteiger partial charge in [0.25, 0.3) is 10.0 Å². The van der Waals surface area contributed by atoms with Gasteiger partial charge in [-0.15, -0.1) is 0 Å². The molecule has 1 heterocycles. The number of rotatable bonds is 3. The van der Waals surface area contributed by atoms with E-state index in [0.29, 0.717) is 10.8 Å². The minimum absolute atomic E-state index is 0.0489. The summed E-state index contributed by atoms with van der Waals surface area (Å²) >= 11 is 0. The molecule has 0 amide bonds. The topological polar surface area (TPSA) is 37.4 Å². The van der Waals surface area contributed by atoms with E-state index in [4.69, 9.17) is 0 Å². The van der Waals surface area contributed by atoms with Crippen LogP contribution in [-0.2, 0) is 16.4 Å². The summed E-state index contributed by atoms with van der Waals surface area (Å²) in [4.78, 5) is 0.362. The van der Waals surface area contributed by atoms with Crippen molar-refractivity contribution in [3.05, 3.63) is 59.7 Å². The monoisotopic (exact) mass is 315 g/mol. The molecular weight excluding hydrogens is 294 g/mol. The van der Waals surface area contributed by atoms with Crippen molar-refractivity contribution in [2.24, 2.45) is 0 Å². The molecule has 1 aliphatic rings. The van der Waals surface area contributed by atoms with Crippen LogP contribution in [0.3, 0.4) is 0 Å². The average molecular weight is 315 g/mol. The summed E-state index contributed by atoms with van der Waals surface area (Å²) in [6, 6.07) is 14.9. The molecule has 0 saturated carbocycles. The van der Waals surface area contributed by atoms with Gasteiger partial charge in [0.15, 0.2) is 0 Å². The van der Waals surface area contributed by atoms with Crippen LogP contribution in [0.2, 0.25) is 0 Å². The number of hydrogen-bond donors (Lipinski definition) is 0. The van der Waals surface area contributed by atoms with E-state index in [1.807, 2.05) is 43.3 Å². The number of benzene rings is 2. The van der Waals surface area contributed by atoms with Crippen molar-refractivity contribution in [2.45, 2.75) is 44.0 Å². The van der Waals surface area contributed by atoms with Gasteiger partial charge in [-0.05, 0) is 48.6 Å². The van der Waals surface area contributed by atoms with Gasteiger partial charge in [0.1, 0.15) is 0 Å². The highest BCUT2D eigenvalue weighted by molar-refractivity contribution is 7.92. The zero-order chi connectivity index (χ0) is 15.9. The Morgan fingerprint density at radius 2 is 1.68 bits per heavy atom. The van der Waals surface area contributed by atoms with Gasteiger partial charge in [-0.25, -0.2) is 8.42 Å². The first-order valence-electron chi connectivity index (χ1n) is 7.63. The quantitative estimate of drug-likeness (QED) is 0.860. The van der Waals surface area contributed by atoms with Crippen LogP contribution in [0, 0.1) is 0 Å². The molecule has 0 radical (unpaired) electrons. The molecule has 3 nitrogen and oxygen atoms in total. The lowest BCUT2D eigenvalue weighted by Gasteiger charge is -2.24. The third kappa shape index (κ3) is 2.41. The van der Waals surface area contributed by atoms with E-state index < -0.39 is 10.0 Å². The van der Waals surface area contributed by atoms with Crippen LogP contribution in [-0.4, -0.2) is 14.5 Å². The molecule has 4 heteroatoms. The maximum Gasteiger partial charge on any atom is 0.264 e. The van der Waals surface area contributed by atoms with Crippen molar-refractivity contribution >= 4 is 15.7 Å². The molecular formula is C18H21NO2S. The molecule has 1 unspecified atom stereocenters. The molecule has 0 spiro atoms. The molecule has 0 saturated heterocycles. The minimum atomic E-state index is -3.51. The highest BCUT2D eigenvalue weighted by atomic mass is 32.2. The summed E-state index contributed by atoms with van der Waals surface area (Å²) in [5.41, 5.74) is 3.05. The van der Waals surface area contributed by atoms with E-state index in [9.17, 15) is 8.42 Å². The van der Waals surface area contributed by atoms with Gasteiger partial charge in [0.2, 0.25) is 0 Å². The summed E-state index contributed by atoms with van der Waals surface area (Å²) < 4.78 is 27.6. The SMILES string of the molecule is CC(C)c1ccc(S(=O)(=O)N2c3ccccc3CC2C)cc1. The maximum atomic E-state index is 13.0. The lowest BCUT2D eigenvalue weighted by molar-refractivity contribution is 0.584. The van der Waals surface area contributed by atoms with Crippen molar-refractivity contribution < 1.29 is 8.42 Å². The van der Waals surface area contributed by atoms with Gasteiger partial charge in [0, 0.05) is 6.04 Å². The average Bonchev–Trinajstić information content (AvgIpc) is 2.83. The predicted octanol–water partition coefficient (Wildman–Crippen LogP) is 3.95. The largest absolute Gasteiger partial charge is 0.264 e. The molecule has 22 heavy (non-hydrogen) atoms. The first kappa shape index (κ1) is 15.1. The van der Waals surface area contributed by atoms with Crippen LogP contribution >= 0.6 is 0 Å². The molecule has 0 fully saturated rings. The minimum Gasteiger partial charge on any atom is -0.263 e. The van der Waals surface area contributed by atoms with Crippen LogP contribution in [0.25, 0.3) is 0 Å². The van der Waals surface area contributed by atoms with Gasteiger partial charge in [-0.1, -0.05) is 44.2 Å². The lowest BCUT2D eigenvalue weighted by Crippen LogP contribution is -2.35. The first-order chi connectivity index (χ1) is 10.4. The van der Waals surface area contributed by atoms with E-state index >= 15 is 0 Å². The van der Waals surface area contributed by atoms with Crippen LogP contribution in [0.5, 0.6) is 0 Å². The Labute approximate surface area is 132 Å². The smallest absolute Gasteiger partial charge is 0.263 e. The summed E-state index contributed by atoms with van der Waals surface area (Å²) in [5, 5.41) is 0. The number of sulfonamides is 1. The highest BCUT2D eigenvalue weighted by Gasteiger charge is 2.35. The lowest BCUT2D eigenvalue weighted by atomic mass is 10.0. The van der Waals surface area contributed by atoms with Gasteiger partial charge in [0.05, 0.1) is 10.6 Å². The Bertz CT molecular complexity index is 779. The number of para-hydroxylation sites is 1. The second kappa shape index (κ2) is 5.43. The molecule has 0 aromatic heterocycles. The Morgan fingerprint density at radius 1 is 1.05 bits per heavy atom. The van der Waals surface area contributed by atoms with Crippen molar-refractivity contribution in [1.29, 1.82) is 0 Å². The zero-order valence-corrected chi connectivity index (χ0v) is 14.0. The van der Waals surface area contributed by atoms with Gasteiger partial charge in [-0.3, -0.25) is 4.31 Å². The molecule has 0 N–H and O–H groups in total. The Kier molecular flexibility index (Phi) is 3.73. The fourth-order valence-corrected chi connectivity index (χ4v) is 4.73. The van der Waals surface area contributed by atoms with Crippen LogP contribution in [0.1, 0.15) is 37.8 Å². The summed E-state index contributed by atoms with van der Waals surface area (Å²) in [7, 11) is -3.51. The molecule has 116 valence electrons. The normalized spacial score (nSPS) is 17.8. The second-order valence-electron chi connectivity index (χ2n) is 6.21. The number of nitrogens with zero attached hydrogens (tertiary/aromatic N) is 1. The van der Waals surface area contributed by atoms with Gasteiger partial charge in [-0.2, -0.15) is 0 Å². The fourth-order valence-electron chi connectivity index (χ4n) is 3.04. The molecule has 1 atom stereocenters. The molecule has 0 aliphatic carbocycles. The number of hydrogen-bond acceptors (Lipinski definition) is 2. The summed E-state index contributed by atoms with van der Waals surface area (Å²) in [5.74, 6) is 0.392. The predicted molar refractivity (Wildman–Crippen MR) is 89.8 cm³/mol. The zero-order valence-electron chi connectivity index (χ0n) is 13.2. The molecule has 3 rings (SSSR count). The van der Waals surface area contributed by atoms with E-state index in [-0.39, 0.29) is 6.04 Å². The second-order valence-corrected chi connectivity index (χ2v) is 8.02. The first-order valence-corrected chi connectivity index (χ1v) is 9.07. The third-order valence-corrected chi connectivity index (χ3v) is 6.19. The van der Waals surface area contributed by atoms with E-state index in [1.54, 1.807) is 16.4 Å². The molecule has 0 bridgehead atoms. The Balaban J connectivity index is 2.03. The number of fused-ring (bicyclic) bond motifs is 1. The van der Waals surface area contributed by atoms with Crippen LogP contribution < -0.4 is 4.31 Å². The Hall–Kier alpha value is -1.81. The van der Waals surface area contributed by atoms with Crippen LogP contribution in [0.15, 0.2) is 53.4 Å². The van der Waals surface area contributed by atoms with E-state index in [1.165, 1.54) is 0 Å². The van der Waals surface area contributed by atoms with Crippen molar-refractivity contribution in [2.75, 3.05) is 4.31 Å². The van der Waals surface area contributed by atoms with E-state index in [2.05, 4.69) is 13.8 Å². The molecule has 2 aromatic carbocycles. The van der Waals surface area contributed by atoms with Crippen molar-refractivity contribution in [1.82, 2.24) is 0 Å². The van der Waals surface area contributed by atoms with Gasteiger partial charge < -0.3 is 0 Å².